The summed E-state index contributed by atoms with van der Waals surface area (Å²) in [5.41, 5.74) is 6.69. The summed E-state index contributed by atoms with van der Waals surface area (Å²) in [5.74, 6) is 0.177. The lowest BCUT2D eigenvalue weighted by Crippen LogP contribution is -2.11. The van der Waals surface area contributed by atoms with Gasteiger partial charge in [0.1, 0.15) is 5.82 Å². The minimum absolute atomic E-state index is 0.189. The molecule has 0 heterocycles. The Balaban J connectivity index is 2.80. The van der Waals surface area contributed by atoms with Crippen molar-refractivity contribution < 1.29 is 4.39 Å². The smallest absolute Gasteiger partial charge is 0.123 e. The van der Waals surface area contributed by atoms with Crippen molar-refractivity contribution in [2.75, 3.05) is 6.54 Å². The first-order valence-corrected chi connectivity index (χ1v) is 4.23. The van der Waals surface area contributed by atoms with Gasteiger partial charge in [-0.25, -0.2) is 4.39 Å². The third-order valence-electron chi connectivity index (χ3n) is 2.12. The highest BCUT2D eigenvalue weighted by Crippen LogP contribution is 2.17. The largest absolute Gasteiger partial charge is 0.330 e. The van der Waals surface area contributed by atoms with Crippen LogP contribution in [0.5, 0.6) is 0 Å². The van der Waals surface area contributed by atoms with Crippen LogP contribution in [0.2, 0.25) is 0 Å². The molecule has 0 fully saturated rings. The molecule has 12 heavy (non-hydrogen) atoms. The monoisotopic (exact) mass is 167 g/mol. The van der Waals surface area contributed by atoms with Crippen molar-refractivity contribution in [2.45, 2.75) is 19.3 Å². The summed E-state index contributed by atoms with van der Waals surface area (Å²) in [4.78, 5) is 0. The van der Waals surface area contributed by atoms with E-state index in [1.54, 1.807) is 12.1 Å². The molecule has 0 saturated heterocycles. The van der Waals surface area contributed by atoms with E-state index in [1.807, 2.05) is 0 Å². The van der Waals surface area contributed by atoms with Crippen LogP contribution in [0.15, 0.2) is 24.3 Å². The zero-order valence-electron chi connectivity index (χ0n) is 7.26. The third-order valence-corrected chi connectivity index (χ3v) is 2.12. The summed E-state index contributed by atoms with van der Waals surface area (Å²) >= 11 is 0. The molecule has 1 atom stereocenters. The summed E-state index contributed by atoms with van der Waals surface area (Å²) in [7, 11) is 0. The second kappa shape index (κ2) is 4.21. The molecule has 0 aliphatic carbocycles. The molecule has 0 aromatic heterocycles. The van der Waals surface area contributed by atoms with Crippen molar-refractivity contribution in [3.05, 3.63) is 35.6 Å². The fraction of sp³-hybridized carbons (Fsp3) is 0.400. The minimum atomic E-state index is -0.189. The van der Waals surface area contributed by atoms with Crippen LogP contribution in [0.4, 0.5) is 4.39 Å². The number of nitrogens with two attached hydrogens (primary N) is 1. The lowest BCUT2D eigenvalue weighted by atomic mass is 9.97. The van der Waals surface area contributed by atoms with Crippen LogP contribution in [0.25, 0.3) is 0 Å². The standard InChI is InChI=1S/C10H14FN/c1-2-8(7-12)9-3-5-10(11)6-4-9/h3-6,8H,2,7,12H2,1H3. The first kappa shape index (κ1) is 9.20. The maximum absolute atomic E-state index is 12.5. The van der Waals surface area contributed by atoms with E-state index in [-0.39, 0.29) is 5.82 Å². The molecule has 0 saturated carbocycles. The van der Waals surface area contributed by atoms with Gasteiger partial charge in [-0.2, -0.15) is 0 Å². The van der Waals surface area contributed by atoms with Gasteiger partial charge in [0.25, 0.3) is 0 Å². The van der Waals surface area contributed by atoms with E-state index in [2.05, 4.69) is 6.92 Å². The molecule has 1 aromatic carbocycles. The van der Waals surface area contributed by atoms with Crippen molar-refractivity contribution in [3.63, 3.8) is 0 Å². The van der Waals surface area contributed by atoms with E-state index < -0.39 is 0 Å². The van der Waals surface area contributed by atoms with Gasteiger partial charge in [0.2, 0.25) is 0 Å². The number of halogens is 1. The Kier molecular flexibility index (Phi) is 3.23. The highest BCUT2D eigenvalue weighted by atomic mass is 19.1. The molecule has 0 amide bonds. The van der Waals surface area contributed by atoms with Crippen LogP contribution < -0.4 is 5.73 Å². The normalized spacial score (nSPS) is 12.9. The zero-order valence-corrected chi connectivity index (χ0v) is 7.26. The van der Waals surface area contributed by atoms with E-state index in [9.17, 15) is 4.39 Å². The number of rotatable bonds is 3. The van der Waals surface area contributed by atoms with E-state index in [4.69, 9.17) is 5.73 Å². The predicted molar refractivity (Wildman–Crippen MR) is 48.5 cm³/mol. The predicted octanol–water partition coefficient (Wildman–Crippen LogP) is 2.28. The van der Waals surface area contributed by atoms with Gasteiger partial charge < -0.3 is 5.73 Å². The average Bonchev–Trinajstić information content (AvgIpc) is 2.10. The van der Waals surface area contributed by atoms with Crippen LogP contribution >= 0.6 is 0 Å². The van der Waals surface area contributed by atoms with Gasteiger partial charge in [-0.1, -0.05) is 19.1 Å². The summed E-state index contributed by atoms with van der Waals surface area (Å²) in [5, 5.41) is 0. The van der Waals surface area contributed by atoms with Crippen LogP contribution in [-0.2, 0) is 0 Å². The lowest BCUT2D eigenvalue weighted by Gasteiger charge is -2.11. The molecule has 0 radical (unpaired) electrons. The molecule has 1 unspecified atom stereocenters. The molecule has 0 spiro atoms. The highest BCUT2D eigenvalue weighted by Gasteiger charge is 2.05. The number of hydrogen-bond acceptors (Lipinski definition) is 1. The highest BCUT2D eigenvalue weighted by molar-refractivity contribution is 5.20. The molecule has 2 heteroatoms. The Labute approximate surface area is 72.4 Å². The van der Waals surface area contributed by atoms with E-state index in [1.165, 1.54) is 12.1 Å². The number of benzene rings is 1. The quantitative estimate of drug-likeness (QED) is 0.734. The maximum atomic E-state index is 12.5. The average molecular weight is 167 g/mol. The van der Waals surface area contributed by atoms with Crippen LogP contribution in [-0.4, -0.2) is 6.54 Å². The van der Waals surface area contributed by atoms with Crippen molar-refractivity contribution in [2.24, 2.45) is 5.73 Å². The van der Waals surface area contributed by atoms with Gasteiger partial charge in [-0.15, -0.1) is 0 Å². The summed E-state index contributed by atoms with van der Waals surface area (Å²) in [6.45, 7) is 2.71. The third kappa shape index (κ3) is 2.05. The van der Waals surface area contributed by atoms with E-state index in [0.717, 1.165) is 12.0 Å². The molecular weight excluding hydrogens is 153 g/mol. The Morgan fingerprint density at radius 1 is 1.33 bits per heavy atom. The van der Waals surface area contributed by atoms with Crippen molar-refractivity contribution >= 4 is 0 Å². The van der Waals surface area contributed by atoms with Crippen LogP contribution in [0.1, 0.15) is 24.8 Å². The van der Waals surface area contributed by atoms with Crippen molar-refractivity contribution in [1.82, 2.24) is 0 Å². The molecule has 1 aromatic rings. The summed E-state index contributed by atoms with van der Waals surface area (Å²) in [6.07, 6.45) is 1.00. The summed E-state index contributed by atoms with van der Waals surface area (Å²) in [6, 6.07) is 6.56. The van der Waals surface area contributed by atoms with E-state index in [0.29, 0.717) is 12.5 Å². The van der Waals surface area contributed by atoms with Gasteiger partial charge >= 0.3 is 0 Å². The van der Waals surface area contributed by atoms with Crippen LogP contribution in [0, 0.1) is 5.82 Å². The molecule has 0 aliphatic heterocycles. The maximum Gasteiger partial charge on any atom is 0.123 e. The second-order valence-corrected chi connectivity index (χ2v) is 2.89. The minimum Gasteiger partial charge on any atom is -0.330 e. The molecule has 1 rings (SSSR count). The Hall–Kier alpha value is -0.890. The SMILES string of the molecule is CCC(CN)c1ccc(F)cc1. The Bertz CT molecular complexity index is 226. The Morgan fingerprint density at radius 2 is 1.92 bits per heavy atom. The van der Waals surface area contributed by atoms with Gasteiger partial charge in [-0.3, -0.25) is 0 Å². The van der Waals surface area contributed by atoms with Crippen molar-refractivity contribution in [1.29, 1.82) is 0 Å². The van der Waals surface area contributed by atoms with Gasteiger partial charge in [0.15, 0.2) is 0 Å². The van der Waals surface area contributed by atoms with Crippen molar-refractivity contribution in [3.8, 4) is 0 Å². The molecule has 0 aliphatic rings. The molecule has 2 N–H and O–H groups in total. The second-order valence-electron chi connectivity index (χ2n) is 2.89. The molecule has 0 bridgehead atoms. The van der Waals surface area contributed by atoms with E-state index >= 15 is 0 Å². The first-order valence-electron chi connectivity index (χ1n) is 4.23. The Morgan fingerprint density at radius 3 is 2.33 bits per heavy atom. The van der Waals surface area contributed by atoms with Crippen LogP contribution in [0.3, 0.4) is 0 Å². The van der Waals surface area contributed by atoms with Gasteiger partial charge in [0.05, 0.1) is 0 Å². The first-order chi connectivity index (χ1) is 5.77. The fourth-order valence-electron chi connectivity index (χ4n) is 1.27. The molecule has 1 nitrogen and oxygen atoms in total. The molecule has 66 valence electrons. The molecular formula is C10H14FN. The topological polar surface area (TPSA) is 26.0 Å². The zero-order chi connectivity index (χ0) is 8.97. The fourth-order valence-corrected chi connectivity index (χ4v) is 1.27. The van der Waals surface area contributed by atoms with Gasteiger partial charge in [0, 0.05) is 0 Å². The number of hydrogen-bond donors (Lipinski definition) is 1. The summed E-state index contributed by atoms with van der Waals surface area (Å²) < 4.78 is 12.5. The van der Waals surface area contributed by atoms with Gasteiger partial charge in [-0.05, 0) is 36.6 Å². The lowest BCUT2D eigenvalue weighted by molar-refractivity contribution is 0.622.